The van der Waals surface area contributed by atoms with Gasteiger partial charge in [-0.2, -0.15) is 0 Å². The van der Waals surface area contributed by atoms with Gasteiger partial charge in [0.2, 0.25) is 5.91 Å². The number of carbonyl (C=O) groups is 1. The van der Waals surface area contributed by atoms with Gasteiger partial charge in [0.15, 0.2) is 0 Å². The number of rotatable bonds is 5. The topological polar surface area (TPSA) is 81.1 Å². The van der Waals surface area contributed by atoms with Crippen molar-refractivity contribution in [1.82, 2.24) is 5.32 Å². The minimum atomic E-state index is -0.331. The summed E-state index contributed by atoms with van der Waals surface area (Å²) in [6.07, 6.45) is 0.869. The summed E-state index contributed by atoms with van der Waals surface area (Å²) in [6.45, 7) is 0.974. The zero-order chi connectivity index (χ0) is 10.4. The molecule has 0 saturated heterocycles. The van der Waals surface area contributed by atoms with E-state index in [2.05, 4.69) is 5.32 Å². The van der Waals surface area contributed by atoms with Crippen molar-refractivity contribution in [2.24, 2.45) is 5.73 Å². The van der Waals surface area contributed by atoms with Gasteiger partial charge in [-0.3, -0.25) is 4.79 Å². The highest BCUT2D eigenvalue weighted by Gasteiger charge is 1.94. The van der Waals surface area contributed by atoms with Gasteiger partial charge in [0.25, 0.3) is 0 Å². The molecule has 4 nitrogen and oxygen atoms in total. The van der Waals surface area contributed by atoms with Crippen LogP contribution in [0, 0.1) is 0 Å². The van der Waals surface area contributed by atoms with Crippen LogP contribution in [0.4, 0.5) is 5.69 Å². The molecular weight excluding hydrogens is 178 g/mol. The van der Waals surface area contributed by atoms with Crippen molar-refractivity contribution >= 4 is 11.6 Å². The molecule has 0 unspecified atom stereocenters. The normalized spacial score (nSPS) is 10.0. The van der Waals surface area contributed by atoms with Crippen molar-refractivity contribution in [1.29, 1.82) is 0 Å². The molecule has 0 bridgehead atoms. The second kappa shape index (κ2) is 5.24. The zero-order valence-electron chi connectivity index (χ0n) is 7.99. The van der Waals surface area contributed by atoms with Gasteiger partial charge >= 0.3 is 0 Å². The van der Waals surface area contributed by atoms with Gasteiger partial charge in [-0.05, 0) is 30.7 Å². The van der Waals surface area contributed by atoms with E-state index in [-0.39, 0.29) is 12.5 Å². The van der Waals surface area contributed by atoms with Gasteiger partial charge in [-0.15, -0.1) is 0 Å². The predicted molar refractivity (Wildman–Crippen MR) is 56.6 cm³/mol. The number of benzene rings is 1. The highest BCUT2D eigenvalue weighted by molar-refractivity contribution is 5.75. The van der Waals surface area contributed by atoms with Crippen molar-refractivity contribution in [3.8, 4) is 0 Å². The summed E-state index contributed by atoms with van der Waals surface area (Å²) in [5.74, 6) is -0.331. The maximum atomic E-state index is 10.4. The van der Waals surface area contributed by atoms with Crippen LogP contribution in [-0.4, -0.2) is 19.0 Å². The molecule has 0 atom stereocenters. The number of nitrogens with two attached hydrogens (primary N) is 2. The Labute approximate surface area is 83.3 Å². The highest BCUT2D eigenvalue weighted by atomic mass is 16.1. The van der Waals surface area contributed by atoms with Crippen LogP contribution in [0.15, 0.2) is 24.3 Å². The van der Waals surface area contributed by atoms with Crippen LogP contribution in [0.25, 0.3) is 0 Å². The smallest absolute Gasteiger partial charge is 0.231 e. The fraction of sp³-hybridized carbons (Fsp3) is 0.300. The van der Waals surface area contributed by atoms with Crippen LogP contribution in [0.3, 0.4) is 0 Å². The molecule has 0 fully saturated rings. The Morgan fingerprint density at radius 1 is 1.29 bits per heavy atom. The van der Waals surface area contributed by atoms with E-state index in [0.717, 1.165) is 18.7 Å². The second-order valence-corrected chi connectivity index (χ2v) is 3.13. The van der Waals surface area contributed by atoms with Crippen molar-refractivity contribution in [2.45, 2.75) is 6.42 Å². The number of primary amides is 1. The van der Waals surface area contributed by atoms with Gasteiger partial charge in [0.1, 0.15) is 0 Å². The molecule has 1 rings (SSSR count). The third-order valence-electron chi connectivity index (χ3n) is 1.87. The second-order valence-electron chi connectivity index (χ2n) is 3.13. The van der Waals surface area contributed by atoms with E-state index in [0.29, 0.717) is 0 Å². The summed E-state index contributed by atoms with van der Waals surface area (Å²) in [5.41, 5.74) is 12.5. The Bertz CT molecular complexity index is 295. The summed E-state index contributed by atoms with van der Waals surface area (Å²) < 4.78 is 0. The maximum absolute atomic E-state index is 10.4. The van der Waals surface area contributed by atoms with E-state index in [9.17, 15) is 4.79 Å². The molecule has 14 heavy (non-hydrogen) atoms. The minimum absolute atomic E-state index is 0.231. The molecule has 0 heterocycles. The number of amides is 1. The van der Waals surface area contributed by atoms with Crippen molar-refractivity contribution in [3.63, 3.8) is 0 Å². The molecule has 0 spiro atoms. The quantitative estimate of drug-likeness (QED) is 0.450. The summed E-state index contributed by atoms with van der Waals surface area (Å²) in [6, 6.07) is 7.68. The van der Waals surface area contributed by atoms with E-state index < -0.39 is 0 Å². The first-order chi connectivity index (χ1) is 6.68. The van der Waals surface area contributed by atoms with Crippen LogP contribution >= 0.6 is 0 Å². The predicted octanol–water partition coefficient (Wildman–Crippen LogP) is -0.114. The monoisotopic (exact) mass is 193 g/mol. The molecule has 4 heteroatoms. The van der Waals surface area contributed by atoms with Crippen LogP contribution in [-0.2, 0) is 11.2 Å². The summed E-state index contributed by atoms with van der Waals surface area (Å²) >= 11 is 0. The molecule has 0 radical (unpaired) electrons. The lowest BCUT2D eigenvalue weighted by atomic mass is 10.1. The third kappa shape index (κ3) is 3.91. The number of hydrogen-bond acceptors (Lipinski definition) is 3. The Morgan fingerprint density at radius 3 is 2.50 bits per heavy atom. The van der Waals surface area contributed by atoms with E-state index in [1.54, 1.807) is 0 Å². The average Bonchev–Trinajstić information content (AvgIpc) is 2.15. The van der Waals surface area contributed by atoms with E-state index >= 15 is 0 Å². The molecule has 0 aliphatic carbocycles. The summed E-state index contributed by atoms with van der Waals surface area (Å²) in [4.78, 5) is 10.4. The molecule has 0 aromatic heterocycles. The molecule has 1 aromatic carbocycles. The van der Waals surface area contributed by atoms with Gasteiger partial charge in [-0.1, -0.05) is 12.1 Å². The largest absolute Gasteiger partial charge is 0.399 e. The van der Waals surface area contributed by atoms with Crippen LogP contribution in [0.2, 0.25) is 0 Å². The molecule has 0 aliphatic rings. The summed E-state index contributed by atoms with van der Waals surface area (Å²) in [7, 11) is 0. The number of anilines is 1. The molecule has 1 aromatic rings. The lowest BCUT2D eigenvalue weighted by Gasteiger charge is -2.02. The highest BCUT2D eigenvalue weighted by Crippen LogP contribution is 2.05. The first-order valence-electron chi connectivity index (χ1n) is 4.52. The number of nitrogens with one attached hydrogen (secondary N) is 1. The lowest BCUT2D eigenvalue weighted by Crippen LogP contribution is -2.29. The Hall–Kier alpha value is -1.55. The average molecular weight is 193 g/mol. The Kier molecular flexibility index (Phi) is 3.94. The fourth-order valence-corrected chi connectivity index (χ4v) is 1.13. The van der Waals surface area contributed by atoms with E-state index in [1.165, 1.54) is 5.56 Å². The molecular formula is C10H15N3O. The number of hydrogen-bond donors (Lipinski definition) is 3. The molecule has 0 saturated carbocycles. The minimum Gasteiger partial charge on any atom is -0.399 e. The maximum Gasteiger partial charge on any atom is 0.231 e. The molecule has 1 amide bonds. The van der Waals surface area contributed by atoms with Crippen LogP contribution in [0.5, 0.6) is 0 Å². The van der Waals surface area contributed by atoms with Crippen molar-refractivity contribution in [2.75, 3.05) is 18.8 Å². The molecule has 76 valence electrons. The number of carbonyl (C=O) groups excluding carboxylic acids is 1. The fourth-order valence-electron chi connectivity index (χ4n) is 1.13. The molecule has 0 aliphatic heterocycles. The third-order valence-corrected chi connectivity index (χ3v) is 1.87. The van der Waals surface area contributed by atoms with Crippen LogP contribution < -0.4 is 16.8 Å². The van der Waals surface area contributed by atoms with Gasteiger partial charge in [0.05, 0.1) is 6.54 Å². The first kappa shape index (κ1) is 10.5. The summed E-state index contributed by atoms with van der Waals surface area (Å²) in [5, 5.41) is 2.94. The van der Waals surface area contributed by atoms with Crippen LogP contribution in [0.1, 0.15) is 5.56 Å². The Morgan fingerprint density at radius 2 is 1.93 bits per heavy atom. The van der Waals surface area contributed by atoms with Crippen molar-refractivity contribution < 1.29 is 4.79 Å². The zero-order valence-corrected chi connectivity index (χ0v) is 7.99. The van der Waals surface area contributed by atoms with E-state index in [1.807, 2.05) is 24.3 Å². The van der Waals surface area contributed by atoms with Gasteiger partial charge in [-0.25, -0.2) is 0 Å². The van der Waals surface area contributed by atoms with E-state index in [4.69, 9.17) is 11.5 Å². The molecule has 5 N–H and O–H groups in total. The SMILES string of the molecule is NC(=O)CNCCc1ccc(N)cc1. The first-order valence-corrected chi connectivity index (χ1v) is 4.52. The van der Waals surface area contributed by atoms with Gasteiger partial charge in [0, 0.05) is 5.69 Å². The van der Waals surface area contributed by atoms with Crippen molar-refractivity contribution in [3.05, 3.63) is 29.8 Å². The standard InChI is InChI=1S/C10H15N3O/c11-9-3-1-8(2-4-9)5-6-13-7-10(12)14/h1-4,13H,5-7,11H2,(H2,12,14). The Balaban J connectivity index is 2.25. The number of nitrogen functional groups attached to an aromatic ring is 1. The lowest BCUT2D eigenvalue weighted by molar-refractivity contribution is -0.117. The van der Waals surface area contributed by atoms with Gasteiger partial charge < -0.3 is 16.8 Å².